The molecule has 0 aliphatic carbocycles. The Labute approximate surface area is 127 Å². The molecule has 0 unspecified atom stereocenters. The number of nitrogens with zero attached hydrogens (tertiary/aromatic N) is 4. The number of hydrogen-bond acceptors (Lipinski definition) is 4. The molecule has 0 aliphatic rings. The number of aryl methyl sites for hydroxylation is 3. The lowest BCUT2D eigenvalue weighted by molar-refractivity contribution is 0.933. The Morgan fingerprint density at radius 2 is 2.05 bits per heavy atom. The molecule has 0 radical (unpaired) electrons. The second kappa shape index (κ2) is 4.30. The number of hydrogen-bond donors (Lipinski definition) is 2. The number of nitrogens with one attached hydrogen (secondary N) is 1. The van der Waals surface area contributed by atoms with Crippen LogP contribution in [0.4, 0.5) is 5.69 Å². The first-order valence-electron chi connectivity index (χ1n) is 7.09. The van der Waals surface area contributed by atoms with Crippen molar-refractivity contribution in [1.29, 1.82) is 0 Å². The number of aromatic amines is 1. The molecule has 110 valence electrons. The molecule has 0 aromatic carbocycles. The van der Waals surface area contributed by atoms with E-state index in [0.29, 0.717) is 5.69 Å². The van der Waals surface area contributed by atoms with Crippen LogP contribution in [0.15, 0.2) is 24.4 Å². The quantitative estimate of drug-likeness (QED) is 0.565. The summed E-state index contributed by atoms with van der Waals surface area (Å²) in [7, 11) is 1.96. The summed E-state index contributed by atoms with van der Waals surface area (Å²) in [5, 5.41) is 1.06. The summed E-state index contributed by atoms with van der Waals surface area (Å²) in [4.78, 5) is 17.0. The molecule has 0 amide bonds. The van der Waals surface area contributed by atoms with E-state index in [0.717, 1.165) is 45.0 Å². The van der Waals surface area contributed by atoms with Crippen molar-refractivity contribution in [2.75, 3.05) is 5.73 Å². The van der Waals surface area contributed by atoms with Crippen molar-refractivity contribution < 1.29 is 0 Å². The van der Waals surface area contributed by atoms with Crippen LogP contribution in [0, 0.1) is 13.8 Å². The lowest BCUT2D eigenvalue weighted by Crippen LogP contribution is -1.99. The highest BCUT2D eigenvalue weighted by atomic mass is 15.1. The van der Waals surface area contributed by atoms with Gasteiger partial charge in [-0.05, 0) is 32.0 Å². The molecule has 4 heterocycles. The predicted molar refractivity (Wildman–Crippen MR) is 87.5 cm³/mol. The van der Waals surface area contributed by atoms with E-state index in [1.807, 2.05) is 37.6 Å². The van der Waals surface area contributed by atoms with Crippen LogP contribution in [-0.2, 0) is 7.05 Å². The van der Waals surface area contributed by atoms with Gasteiger partial charge in [-0.2, -0.15) is 0 Å². The van der Waals surface area contributed by atoms with Gasteiger partial charge in [0.15, 0.2) is 11.5 Å². The Kier molecular flexibility index (Phi) is 2.51. The minimum absolute atomic E-state index is 0.704. The van der Waals surface area contributed by atoms with Gasteiger partial charge in [-0.25, -0.2) is 15.0 Å². The molecule has 0 aliphatic heterocycles. The highest BCUT2D eigenvalue weighted by Gasteiger charge is 2.17. The smallest absolute Gasteiger partial charge is 0.160 e. The Morgan fingerprint density at radius 3 is 2.82 bits per heavy atom. The van der Waals surface area contributed by atoms with E-state index in [1.54, 1.807) is 6.20 Å². The van der Waals surface area contributed by atoms with Crippen LogP contribution in [0.1, 0.15) is 11.3 Å². The summed E-state index contributed by atoms with van der Waals surface area (Å²) in [6.07, 6.45) is 1.77. The number of nitrogens with two attached hydrogens (primary N) is 1. The Hall–Kier alpha value is -2.89. The Morgan fingerprint density at radius 1 is 1.23 bits per heavy atom. The van der Waals surface area contributed by atoms with Gasteiger partial charge in [0.05, 0.1) is 17.1 Å². The maximum absolute atomic E-state index is 6.08. The summed E-state index contributed by atoms with van der Waals surface area (Å²) in [6, 6.07) is 6.00. The third-order valence-electron chi connectivity index (χ3n) is 4.12. The van der Waals surface area contributed by atoms with Crippen LogP contribution in [0.3, 0.4) is 0 Å². The molecular weight excluding hydrogens is 276 g/mol. The summed E-state index contributed by atoms with van der Waals surface area (Å²) >= 11 is 0. The molecule has 0 bridgehead atoms. The normalized spacial score (nSPS) is 11.6. The first-order chi connectivity index (χ1) is 10.6. The number of aromatic nitrogens is 5. The zero-order valence-electron chi connectivity index (χ0n) is 12.7. The molecule has 0 spiro atoms. The van der Waals surface area contributed by atoms with Crippen molar-refractivity contribution in [3.05, 3.63) is 35.7 Å². The summed E-state index contributed by atoms with van der Waals surface area (Å²) < 4.78 is 1.99. The molecule has 0 saturated heterocycles. The fraction of sp³-hybridized carbons (Fsp3) is 0.188. The maximum Gasteiger partial charge on any atom is 0.160 e. The minimum Gasteiger partial charge on any atom is -0.397 e. The number of nitrogen functional groups attached to an aromatic ring is 1. The number of imidazole rings is 1. The summed E-state index contributed by atoms with van der Waals surface area (Å²) in [5.74, 6) is 0.827. The predicted octanol–water partition coefficient (Wildman–Crippen LogP) is 2.71. The fourth-order valence-electron chi connectivity index (χ4n) is 2.81. The highest BCUT2D eigenvalue weighted by molar-refractivity contribution is 5.87. The van der Waals surface area contributed by atoms with Crippen LogP contribution in [0.25, 0.3) is 33.7 Å². The third kappa shape index (κ3) is 1.64. The van der Waals surface area contributed by atoms with Crippen LogP contribution >= 0.6 is 0 Å². The van der Waals surface area contributed by atoms with Crippen molar-refractivity contribution in [3.63, 3.8) is 0 Å². The molecule has 6 nitrogen and oxygen atoms in total. The van der Waals surface area contributed by atoms with Crippen LogP contribution < -0.4 is 5.73 Å². The lowest BCUT2D eigenvalue weighted by Gasteiger charge is -2.04. The average molecular weight is 292 g/mol. The summed E-state index contributed by atoms with van der Waals surface area (Å²) in [6.45, 7) is 3.90. The zero-order chi connectivity index (χ0) is 15.4. The number of pyridine rings is 2. The van der Waals surface area contributed by atoms with Crippen molar-refractivity contribution in [2.45, 2.75) is 13.8 Å². The Balaban J connectivity index is 2.03. The van der Waals surface area contributed by atoms with E-state index in [2.05, 4.69) is 21.0 Å². The van der Waals surface area contributed by atoms with Crippen molar-refractivity contribution in [1.82, 2.24) is 24.5 Å². The van der Waals surface area contributed by atoms with Gasteiger partial charge in [0, 0.05) is 24.2 Å². The topological polar surface area (TPSA) is 85.4 Å². The molecule has 0 fully saturated rings. The monoisotopic (exact) mass is 292 g/mol. The molecule has 4 aromatic rings. The van der Waals surface area contributed by atoms with Gasteiger partial charge < -0.3 is 15.3 Å². The zero-order valence-corrected chi connectivity index (χ0v) is 12.7. The van der Waals surface area contributed by atoms with Crippen LogP contribution in [0.2, 0.25) is 0 Å². The van der Waals surface area contributed by atoms with Gasteiger partial charge >= 0.3 is 0 Å². The molecule has 0 atom stereocenters. The van der Waals surface area contributed by atoms with E-state index in [1.165, 1.54) is 0 Å². The fourth-order valence-corrected chi connectivity index (χ4v) is 2.81. The molecular formula is C16H16N6. The molecule has 4 aromatic heterocycles. The van der Waals surface area contributed by atoms with Crippen molar-refractivity contribution in [2.24, 2.45) is 7.05 Å². The first-order valence-corrected chi connectivity index (χ1v) is 7.09. The van der Waals surface area contributed by atoms with Crippen molar-refractivity contribution in [3.8, 4) is 11.5 Å². The summed E-state index contributed by atoms with van der Waals surface area (Å²) in [5.41, 5.74) is 12.0. The van der Waals surface area contributed by atoms with E-state index in [4.69, 9.17) is 10.7 Å². The van der Waals surface area contributed by atoms with E-state index >= 15 is 0 Å². The number of anilines is 1. The second-order valence-corrected chi connectivity index (χ2v) is 5.53. The minimum atomic E-state index is 0.704. The molecule has 4 rings (SSSR count). The maximum atomic E-state index is 6.08. The molecule has 22 heavy (non-hydrogen) atoms. The largest absolute Gasteiger partial charge is 0.397 e. The van der Waals surface area contributed by atoms with Gasteiger partial charge in [-0.1, -0.05) is 0 Å². The third-order valence-corrected chi connectivity index (χ3v) is 4.12. The standard InChI is InChI=1S/C16H16N6/c1-8-12(17)9(2)19-16-13(8)21-15(22(16)3)11-7-10-5-4-6-18-14(10)20-11/h4-7H,17H2,1-3H3,(H,18,20). The molecule has 6 heteroatoms. The molecule has 3 N–H and O–H groups in total. The van der Waals surface area contributed by atoms with Gasteiger partial charge in [-0.15, -0.1) is 0 Å². The van der Waals surface area contributed by atoms with E-state index < -0.39 is 0 Å². The highest BCUT2D eigenvalue weighted by Crippen LogP contribution is 2.29. The first kappa shape index (κ1) is 12.8. The van der Waals surface area contributed by atoms with Gasteiger partial charge in [0.25, 0.3) is 0 Å². The van der Waals surface area contributed by atoms with Gasteiger partial charge in [0.2, 0.25) is 0 Å². The lowest BCUT2D eigenvalue weighted by atomic mass is 10.2. The molecule has 0 saturated carbocycles. The number of rotatable bonds is 1. The van der Waals surface area contributed by atoms with Crippen LogP contribution in [-0.4, -0.2) is 24.5 Å². The average Bonchev–Trinajstić information content (AvgIpc) is 3.07. The number of H-pyrrole nitrogens is 1. The van der Waals surface area contributed by atoms with Crippen LogP contribution in [0.5, 0.6) is 0 Å². The second-order valence-electron chi connectivity index (χ2n) is 5.53. The van der Waals surface area contributed by atoms with E-state index in [-0.39, 0.29) is 0 Å². The van der Waals surface area contributed by atoms with E-state index in [9.17, 15) is 0 Å². The van der Waals surface area contributed by atoms with Gasteiger partial charge in [-0.3, -0.25) is 0 Å². The van der Waals surface area contributed by atoms with Gasteiger partial charge in [0.1, 0.15) is 11.2 Å². The van der Waals surface area contributed by atoms with Crippen molar-refractivity contribution >= 4 is 27.9 Å². The number of fused-ring (bicyclic) bond motifs is 2. The Bertz CT molecular complexity index is 991. The SMILES string of the molecule is Cc1nc2c(nc(-c3cc4cccnc4[nH]3)n2C)c(C)c1N.